The molecular formula is C16H18F4N2O. The zero-order valence-electron chi connectivity index (χ0n) is 12.8. The van der Waals surface area contributed by atoms with E-state index >= 15 is 0 Å². The first-order valence-electron chi connectivity index (χ1n) is 6.74. The summed E-state index contributed by atoms with van der Waals surface area (Å²) in [5, 5.41) is 9.89. The number of rotatable bonds is 5. The smallest absolute Gasteiger partial charge is 0.374 e. The molecule has 0 radical (unpaired) electrons. The van der Waals surface area contributed by atoms with Gasteiger partial charge in [0.1, 0.15) is 5.82 Å². The number of allylic oxidation sites excluding steroid dienone is 2. The minimum absolute atomic E-state index is 0.0670. The predicted molar refractivity (Wildman–Crippen MR) is 81.7 cm³/mol. The molecule has 126 valence electrons. The molecule has 0 aliphatic carbocycles. The number of benzene rings is 1. The maximum Gasteiger partial charge on any atom is 0.424 e. The normalized spacial score (nSPS) is 16.2. The molecule has 0 saturated heterocycles. The number of aryl methyl sites for hydroxylation is 1. The number of aliphatic imine (C=N–C) groups is 1. The molecule has 3 nitrogen and oxygen atoms in total. The number of halogens is 4. The van der Waals surface area contributed by atoms with Gasteiger partial charge >= 0.3 is 6.18 Å². The molecular weight excluding hydrogens is 312 g/mol. The topological polar surface area (TPSA) is 58.6 Å². The van der Waals surface area contributed by atoms with Crippen molar-refractivity contribution in [2.45, 2.75) is 25.6 Å². The summed E-state index contributed by atoms with van der Waals surface area (Å²) in [4.78, 5) is 3.85. The Kier molecular flexibility index (Phi) is 5.85. The van der Waals surface area contributed by atoms with Crippen LogP contribution in [0.15, 0.2) is 47.6 Å². The van der Waals surface area contributed by atoms with Gasteiger partial charge in [-0.25, -0.2) is 9.38 Å². The molecule has 23 heavy (non-hydrogen) atoms. The second kappa shape index (κ2) is 7.06. The predicted octanol–water partition coefficient (Wildman–Crippen LogP) is 3.27. The van der Waals surface area contributed by atoms with Crippen LogP contribution in [0.2, 0.25) is 0 Å². The highest BCUT2D eigenvalue weighted by atomic mass is 19.4. The third-order valence-electron chi connectivity index (χ3n) is 3.35. The van der Waals surface area contributed by atoms with Crippen molar-refractivity contribution < 1.29 is 22.7 Å². The lowest BCUT2D eigenvalue weighted by Gasteiger charge is -2.29. The van der Waals surface area contributed by atoms with Gasteiger partial charge in [-0.15, -0.1) is 0 Å². The van der Waals surface area contributed by atoms with Crippen molar-refractivity contribution in [2.24, 2.45) is 10.7 Å². The Bertz CT molecular complexity index is 650. The van der Waals surface area contributed by atoms with Crippen molar-refractivity contribution in [3.05, 3.63) is 59.6 Å². The molecule has 0 amide bonds. The molecule has 3 N–H and O–H groups in total. The van der Waals surface area contributed by atoms with Crippen molar-refractivity contribution in [3.8, 4) is 0 Å². The van der Waals surface area contributed by atoms with E-state index in [0.717, 1.165) is 6.08 Å². The maximum absolute atomic E-state index is 13.3. The van der Waals surface area contributed by atoms with E-state index in [9.17, 15) is 22.7 Å². The fraction of sp³-hybridized carbons (Fsp3) is 0.312. The zero-order chi connectivity index (χ0) is 17.8. The molecule has 0 fully saturated rings. The van der Waals surface area contributed by atoms with E-state index in [0.29, 0.717) is 11.1 Å². The van der Waals surface area contributed by atoms with Gasteiger partial charge in [0.25, 0.3) is 0 Å². The van der Waals surface area contributed by atoms with Gasteiger partial charge in [0.15, 0.2) is 0 Å². The van der Waals surface area contributed by atoms with Crippen LogP contribution in [-0.4, -0.2) is 29.1 Å². The van der Waals surface area contributed by atoms with E-state index in [-0.39, 0.29) is 5.71 Å². The lowest BCUT2D eigenvalue weighted by atomic mass is 9.98. The van der Waals surface area contributed by atoms with E-state index in [1.54, 1.807) is 0 Å². The van der Waals surface area contributed by atoms with Gasteiger partial charge in [-0.1, -0.05) is 12.7 Å². The monoisotopic (exact) mass is 330 g/mol. The van der Waals surface area contributed by atoms with Gasteiger partial charge in [0.05, 0.1) is 11.4 Å². The Hall–Kier alpha value is -1.99. The Morgan fingerprint density at radius 1 is 1.39 bits per heavy atom. The van der Waals surface area contributed by atoms with Crippen LogP contribution in [0.1, 0.15) is 18.1 Å². The van der Waals surface area contributed by atoms with Gasteiger partial charge in [-0.05, 0) is 43.7 Å². The summed E-state index contributed by atoms with van der Waals surface area (Å²) in [7, 11) is 0. The summed E-state index contributed by atoms with van der Waals surface area (Å²) in [6.45, 7) is 5.25. The second-order valence-electron chi connectivity index (χ2n) is 4.90. The Labute approximate surface area is 131 Å². The summed E-state index contributed by atoms with van der Waals surface area (Å²) >= 11 is 0. The van der Waals surface area contributed by atoms with E-state index in [1.807, 2.05) is 0 Å². The van der Waals surface area contributed by atoms with Gasteiger partial charge in [-0.2, -0.15) is 13.2 Å². The molecule has 0 aromatic heterocycles. The standard InChI is InChI=1S/C16H18F4N2O/c1-4-13(11-6-7-12(17)10(3)8-11)22-14(5-2)15(23,9-21)16(18,19)20/h4-8,23H,1,9,21H2,2-3H3/b14-5-,22-13?. The van der Waals surface area contributed by atoms with Crippen molar-refractivity contribution in [1.29, 1.82) is 0 Å². The molecule has 1 atom stereocenters. The first kappa shape index (κ1) is 19.1. The highest BCUT2D eigenvalue weighted by molar-refractivity contribution is 6.09. The number of hydrogen-bond donors (Lipinski definition) is 2. The molecule has 0 heterocycles. The Morgan fingerprint density at radius 2 is 2.00 bits per heavy atom. The van der Waals surface area contributed by atoms with Crippen molar-refractivity contribution >= 4 is 5.71 Å². The Balaban J connectivity index is 3.42. The van der Waals surface area contributed by atoms with Crippen molar-refractivity contribution in [1.82, 2.24) is 0 Å². The molecule has 1 rings (SSSR count). The fourth-order valence-corrected chi connectivity index (χ4v) is 1.92. The van der Waals surface area contributed by atoms with E-state index < -0.39 is 29.8 Å². The second-order valence-corrected chi connectivity index (χ2v) is 4.90. The van der Waals surface area contributed by atoms with E-state index in [1.165, 1.54) is 38.1 Å². The molecule has 7 heteroatoms. The first-order valence-corrected chi connectivity index (χ1v) is 6.74. The van der Waals surface area contributed by atoms with Gasteiger partial charge in [0, 0.05) is 12.1 Å². The average Bonchev–Trinajstić information content (AvgIpc) is 2.49. The van der Waals surface area contributed by atoms with Crippen molar-refractivity contribution in [3.63, 3.8) is 0 Å². The summed E-state index contributed by atoms with van der Waals surface area (Å²) in [5.74, 6) is -0.447. The minimum Gasteiger partial charge on any atom is -0.374 e. The van der Waals surface area contributed by atoms with Crippen LogP contribution in [0.4, 0.5) is 17.6 Å². The van der Waals surface area contributed by atoms with E-state index in [2.05, 4.69) is 11.6 Å². The molecule has 0 spiro atoms. The highest BCUT2D eigenvalue weighted by Crippen LogP contribution is 2.36. The minimum atomic E-state index is -4.99. The third-order valence-corrected chi connectivity index (χ3v) is 3.35. The van der Waals surface area contributed by atoms with Crippen LogP contribution in [0, 0.1) is 12.7 Å². The first-order chi connectivity index (χ1) is 10.6. The number of nitrogens with zero attached hydrogens (tertiary/aromatic N) is 1. The lowest BCUT2D eigenvalue weighted by molar-refractivity contribution is -0.240. The molecule has 0 aliphatic rings. The van der Waals surface area contributed by atoms with E-state index in [4.69, 9.17) is 5.73 Å². The lowest BCUT2D eigenvalue weighted by Crippen LogP contribution is -2.52. The van der Waals surface area contributed by atoms with Crippen LogP contribution in [0.3, 0.4) is 0 Å². The van der Waals surface area contributed by atoms with Crippen LogP contribution >= 0.6 is 0 Å². The average molecular weight is 330 g/mol. The highest BCUT2D eigenvalue weighted by Gasteiger charge is 2.55. The van der Waals surface area contributed by atoms with Crippen LogP contribution in [-0.2, 0) is 0 Å². The Morgan fingerprint density at radius 3 is 2.39 bits per heavy atom. The largest absolute Gasteiger partial charge is 0.424 e. The van der Waals surface area contributed by atoms with Crippen LogP contribution < -0.4 is 5.73 Å². The molecule has 0 bridgehead atoms. The molecule has 1 aromatic carbocycles. The number of nitrogens with two attached hydrogens (primary N) is 1. The third kappa shape index (κ3) is 3.86. The van der Waals surface area contributed by atoms with Crippen LogP contribution in [0.25, 0.3) is 0 Å². The summed E-state index contributed by atoms with van der Waals surface area (Å²) < 4.78 is 52.6. The maximum atomic E-state index is 13.3. The van der Waals surface area contributed by atoms with Crippen molar-refractivity contribution in [2.75, 3.05) is 6.54 Å². The molecule has 1 unspecified atom stereocenters. The quantitative estimate of drug-likeness (QED) is 0.643. The number of alkyl halides is 3. The van der Waals surface area contributed by atoms with Gasteiger partial charge < -0.3 is 10.8 Å². The SMILES string of the molecule is C=CC(=N/C(=C\C)C(O)(CN)C(F)(F)F)c1ccc(F)c(C)c1. The van der Waals surface area contributed by atoms with Crippen LogP contribution in [0.5, 0.6) is 0 Å². The molecule has 0 aliphatic heterocycles. The molecule has 1 aromatic rings. The van der Waals surface area contributed by atoms with Gasteiger partial charge in [-0.3, -0.25) is 0 Å². The summed E-state index contributed by atoms with van der Waals surface area (Å²) in [6, 6.07) is 3.97. The molecule has 0 saturated carbocycles. The van der Waals surface area contributed by atoms with Gasteiger partial charge in [0.2, 0.25) is 5.60 Å². The zero-order valence-corrected chi connectivity index (χ0v) is 12.8. The summed E-state index contributed by atoms with van der Waals surface area (Å²) in [5.41, 5.74) is 1.94. The number of hydrogen-bond acceptors (Lipinski definition) is 3. The summed E-state index contributed by atoms with van der Waals surface area (Å²) in [6.07, 6.45) is -2.73. The number of aliphatic hydroxyl groups is 1. The fourth-order valence-electron chi connectivity index (χ4n) is 1.92.